The van der Waals surface area contributed by atoms with E-state index in [-0.39, 0.29) is 30.6 Å². The third-order valence-corrected chi connectivity index (χ3v) is 1.37. The second-order valence-electron chi connectivity index (χ2n) is 2.35. The third kappa shape index (κ3) is 9.68. The maximum Gasteiger partial charge on any atom is 0.184 e. The van der Waals surface area contributed by atoms with Gasteiger partial charge in [-0.2, -0.15) is 10.2 Å². The number of thiocarbonyl (C=S) groups is 2. The van der Waals surface area contributed by atoms with Gasteiger partial charge in [-0.05, 0) is 38.3 Å². The van der Waals surface area contributed by atoms with Gasteiger partial charge < -0.3 is 11.5 Å². The van der Waals surface area contributed by atoms with E-state index in [1.807, 2.05) is 0 Å². The van der Waals surface area contributed by atoms with Crippen LogP contribution in [0.4, 0.5) is 0 Å². The first kappa shape index (κ1) is 16.8. The Morgan fingerprint density at radius 2 is 1.20 bits per heavy atom. The van der Waals surface area contributed by atoms with Crippen molar-refractivity contribution in [3.05, 3.63) is 0 Å². The van der Waals surface area contributed by atoms with Crippen LogP contribution in [0.15, 0.2) is 10.2 Å². The fraction of sp³-hybridized carbons (Fsp3) is 0.333. The van der Waals surface area contributed by atoms with Crippen LogP contribution in [0.3, 0.4) is 0 Å². The average Bonchev–Trinajstić information content (AvgIpc) is 2.09. The van der Waals surface area contributed by atoms with Crippen molar-refractivity contribution in [1.29, 1.82) is 0 Å². The van der Waals surface area contributed by atoms with Crippen LogP contribution in [0.25, 0.3) is 0 Å². The minimum atomic E-state index is 0. The van der Waals surface area contributed by atoms with Crippen LogP contribution in [0.5, 0.6) is 0 Å². The summed E-state index contributed by atoms with van der Waals surface area (Å²) in [5, 5.41) is 7.89. The summed E-state index contributed by atoms with van der Waals surface area (Å²) >= 11 is 9.14. The predicted octanol–water partition coefficient (Wildman–Crippen LogP) is -0.598. The smallest absolute Gasteiger partial charge is 0.184 e. The molecule has 0 unspecified atom stereocenters. The molecule has 6 nitrogen and oxygen atoms in total. The molecule has 0 atom stereocenters. The second-order valence-corrected chi connectivity index (χ2v) is 3.23. The number of nitrogens with two attached hydrogens (primary N) is 2. The maximum absolute atomic E-state index is 5.18. The number of hydrogen-bond acceptors (Lipinski definition) is 4. The van der Waals surface area contributed by atoms with E-state index in [4.69, 9.17) is 11.5 Å². The first-order chi connectivity index (χ1) is 6.43. The first-order valence-electron chi connectivity index (χ1n) is 3.63. The fourth-order valence-corrected chi connectivity index (χ4v) is 0.531. The van der Waals surface area contributed by atoms with E-state index in [0.29, 0.717) is 11.4 Å². The van der Waals surface area contributed by atoms with Gasteiger partial charge in [0.1, 0.15) is 0 Å². The van der Waals surface area contributed by atoms with Crippen molar-refractivity contribution in [3.8, 4) is 0 Å². The molecule has 9 heteroatoms. The zero-order valence-electron chi connectivity index (χ0n) is 8.18. The zero-order valence-corrected chi connectivity index (χ0v) is 11.4. The van der Waals surface area contributed by atoms with Crippen LogP contribution < -0.4 is 22.3 Å². The van der Waals surface area contributed by atoms with Gasteiger partial charge in [-0.25, -0.2) is 0 Å². The number of nitrogens with zero attached hydrogens (tertiary/aromatic N) is 2. The molecule has 0 radical (unpaired) electrons. The molecule has 0 fully saturated rings. The van der Waals surface area contributed by atoms with Gasteiger partial charge >= 0.3 is 0 Å². The van der Waals surface area contributed by atoms with Gasteiger partial charge in [0.05, 0.1) is 11.4 Å². The SMILES string of the molecule is CC(=NNC(N)=S)C(C)=NNC(N)=S.[Pd]. The molecule has 0 aromatic carbocycles. The molecule has 15 heavy (non-hydrogen) atoms. The summed E-state index contributed by atoms with van der Waals surface area (Å²) in [6.07, 6.45) is 0. The molecule has 0 bridgehead atoms. The Morgan fingerprint density at radius 3 is 1.40 bits per heavy atom. The summed E-state index contributed by atoms with van der Waals surface area (Å²) in [6, 6.07) is 0. The number of rotatable bonds is 3. The van der Waals surface area contributed by atoms with Crippen molar-refractivity contribution in [2.45, 2.75) is 13.8 Å². The van der Waals surface area contributed by atoms with Crippen LogP contribution in [0.2, 0.25) is 0 Å². The summed E-state index contributed by atoms with van der Waals surface area (Å²) in [5.74, 6) is 0. The Morgan fingerprint density at radius 1 is 0.933 bits per heavy atom. The quantitative estimate of drug-likeness (QED) is 0.237. The van der Waals surface area contributed by atoms with E-state index < -0.39 is 0 Å². The van der Waals surface area contributed by atoms with Crippen LogP contribution in [-0.4, -0.2) is 21.6 Å². The molecule has 0 saturated heterocycles. The van der Waals surface area contributed by atoms with Crippen molar-refractivity contribution in [3.63, 3.8) is 0 Å². The predicted molar refractivity (Wildman–Crippen MR) is 66.1 cm³/mol. The standard InChI is InChI=1S/C6H12N6S2.Pd/c1-3(9-11-5(7)13)4(2)10-12-6(8)14;/h1-2H3,(H3,7,11,13)(H3,8,12,14);. The first-order valence-corrected chi connectivity index (χ1v) is 4.45. The molecule has 0 aromatic heterocycles. The second kappa shape index (κ2) is 8.67. The van der Waals surface area contributed by atoms with E-state index in [1.165, 1.54) is 0 Å². The number of nitrogens with one attached hydrogen (secondary N) is 2. The van der Waals surface area contributed by atoms with Crippen LogP contribution >= 0.6 is 24.4 Å². The molecule has 0 saturated carbocycles. The number of hydrazone groups is 2. The van der Waals surface area contributed by atoms with Gasteiger partial charge in [0.15, 0.2) is 10.2 Å². The van der Waals surface area contributed by atoms with Crippen molar-refractivity contribution in [1.82, 2.24) is 10.9 Å². The molecule has 0 amide bonds. The van der Waals surface area contributed by atoms with E-state index in [9.17, 15) is 0 Å². The Hall–Kier alpha value is -0.618. The molecule has 6 N–H and O–H groups in total. The molecule has 88 valence electrons. The van der Waals surface area contributed by atoms with Gasteiger partial charge in [0, 0.05) is 20.4 Å². The molecular formula is C6H12N6PdS2. The van der Waals surface area contributed by atoms with Gasteiger partial charge in [0.2, 0.25) is 0 Å². The van der Waals surface area contributed by atoms with Crippen molar-refractivity contribution in [2.24, 2.45) is 21.7 Å². The fourth-order valence-electron chi connectivity index (χ4n) is 0.440. The molecule has 0 spiro atoms. The van der Waals surface area contributed by atoms with Crippen molar-refractivity contribution < 1.29 is 20.4 Å². The molecule has 0 aliphatic rings. The Kier molecular flexibility index (Phi) is 9.71. The summed E-state index contributed by atoms with van der Waals surface area (Å²) in [4.78, 5) is 0. The number of hydrogen-bond donors (Lipinski definition) is 4. The van der Waals surface area contributed by atoms with Crippen LogP contribution in [0, 0.1) is 0 Å². The molecule has 0 aliphatic heterocycles. The Bertz CT molecular complexity index is 270. The van der Waals surface area contributed by atoms with Crippen LogP contribution in [0.1, 0.15) is 13.8 Å². The summed E-state index contributed by atoms with van der Waals surface area (Å²) < 4.78 is 0. The maximum atomic E-state index is 5.18. The van der Waals surface area contributed by atoms with E-state index in [2.05, 4.69) is 45.5 Å². The van der Waals surface area contributed by atoms with Gasteiger partial charge in [-0.1, -0.05) is 0 Å². The molecular weight excluding hydrogens is 327 g/mol. The molecule has 0 rings (SSSR count). The average molecular weight is 339 g/mol. The van der Waals surface area contributed by atoms with E-state index in [0.717, 1.165) is 0 Å². The molecule has 0 heterocycles. The topological polar surface area (TPSA) is 101 Å². The Balaban J connectivity index is 0. The largest absolute Gasteiger partial charge is 0.375 e. The Labute approximate surface area is 113 Å². The molecule has 0 aromatic rings. The molecule has 0 aliphatic carbocycles. The van der Waals surface area contributed by atoms with Gasteiger partial charge in [-0.3, -0.25) is 10.9 Å². The summed E-state index contributed by atoms with van der Waals surface area (Å²) in [5.41, 5.74) is 16.5. The van der Waals surface area contributed by atoms with E-state index in [1.54, 1.807) is 13.8 Å². The van der Waals surface area contributed by atoms with Crippen molar-refractivity contribution in [2.75, 3.05) is 0 Å². The minimum Gasteiger partial charge on any atom is -0.375 e. The normalized spacial score (nSPS) is 11.3. The van der Waals surface area contributed by atoms with Gasteiger partial charge in [-0.15, -0.1) is 0 Å². The zero-order chi connectivity index (χ0) is 11.1. The summed E-state index contributed by atoms with van der Waals surface area (Å²) in [7, 11) is 0. The third-order valence-electron chi connectivity index (χ3n) is 1.19. The van der Waals surface area contributed by atoms with Gasteiger partial charge in [0.25, 0.3) is 0 Å². The summed E-state index contributed by atoms with van der Waals surface area (Å²) in [6.45, 7) is 3.48. The van der Waals surface area contributed by atoms with E-state index >= 15 is 0 Å². The van der Waals surface area contributed by atoms with Crippen LogP contribution in [-0.2, 0) is 20.4 Å². The minimum absolute atomic E-state index is 0. The monoisotopic (exact) mass is 338 g/mol. The van der Waals surface area contributed by atoms with Crippen molar-refractivity contribution >= 4 is 46.1 Å².